The van der Waals surface area contributed by atoms with Crippen LogP contribution in [0.1, 0.15) is 31.8 Å². The van der Waals surface area contributed by atoms with Crippen LogP contribution < -0.4 is 14.2 Å². The number of rotatable bonds is 6. The minimum absolute atomic E-state index is 0.135. The molecular formula is C25H19ClO5. The Morgan fingerprint density at radius 2 is 1.74 bits per heavy atom. The van der Waals surface area contributed by atoms with E-state index in [-0.39, 0.29) is 23.9 Å². The van der Waals surface area contributed by atoms with Crippen LogP contribution in [-0.4, -0.2) is 25.3 Å². The van der Waals surface area contributed by atoms with Crippen LogP contribution in [0, 0.1) is 6.92 Å². The lowest BCUT2D eigenvalue weighted by molar-refractivity contribution is 0.0920. The molecule has 0 fully saturated rings. The zero-order chi connectivity index (χ0) is 22.0. The fourth-order valence-corrected chi connectivity index (χ4v) is 3.36. The molecule has 0 N–H and O–H groups in total. The van der Waals surface area contributed by atoms with Gasteiger partial charge in [-0.25, -0.2) is 0 Å². The Morgan fingerprint density at radius 1 is 1.03 bits per heavy atom. The van der Waals surface area contributed by atoms with Crippen LogP contribution in [0.3, 0.4) is 0 Å². The molecule has 3 aromatic rings. The Kier molecular flexibility index (Phi) is 5.78. The van der Waals surface area contributed by atoms with E-state index in [1.54, 1.807) is 56.5 Å². The highest BCUT2D eigenvalue weighted by molar-refractivity contribution is 6.30. The van der Waals surface area contributed by atoms with Crippen molar-refractivity contribution in [2.24, 2.45) is 0 Å². The molecule has 0 radical (unpaired) electrons. The summed E-state index contributed by atoms with van der Waals surface area (Å²) in [5.41, 5.74) is 2.46. The molecule has 0 spiro atoms. The average Bonchev–Trinajstić information content (AvgIpc) is 3.10. The van der Waals surface area contributed by atoms with Crippen molar-refractivity contribution in [3.63, 3.8) is 0 Å². The van der Waals surface area contributed by atoms with Gasteiger partial charge < -0.3 is 14.2 Å². The first-order valence-corrected chi connectivity index (χ1v) is 9.97. The van der Waals surface area contributed by atoms with Gasteiger partial charge in [0.05, 0.1) is 12.7 Å². The third-order valence-corrected chi connectivity index (χ3v) is 5.23. The maximum Gasteiger partial charge on any atom is 0.231 e. The summed E-state index contributed by atoms with van der Waals surface area (Å²) in [7, 11) is 1.60. The van der Waals surface area contributed by atoms with Crippen LogP contribution in [0.5, 0.6) is 17.2 Å². The van der Waals surface area contributed by atoms with Crippen molar-refractivity contribution in [2.75, 3.05) is 13.7 Å². The standard InChI is InChI=1S/C25H19ClO5/c1-15-22(30-14-21(27)17-5-7-18(26)8-6-17)12-11-20-24(28)23(31-25(15)20)13-16-3-9-19(29-2)10-4-16/h3-13H,14H2,1-2H3/b23-13-. The molecule has 156 valence electrons. The second-order valence-electron chi connectivity index (χ2n) is 7.00. The molecule has 0 aliphatic carbocycles. The molecule has 6 heteroatoms. The zero-order valence-electron chi connectivity index (χ0n) is 17.0. The monoisotopic (exact) mass is 434 g/mol. The highest BCUT2D eigenvalue weighted by Crippen LogP contribution is 2.39. The fraction of sp³-hybridized carbons (Fsp3) is 0.120. The van der Waals surface area contributed by atoms with Gasteiger partial charge >= 0.3 is 0 Å². The normalized spacial score (nSPS) is 13.6. The van der Waals surface area contributed by atoms with Crippen molar-refractivity contribution in [1.29, 1.82) is 0 Å². The van der Waals surface area contributed by atoms with Gasteiger partial charge in [-0.05, 0) is 67.1 Å². The molecular weight excluding hydrogens is 416 g/mol. The number of carbonyl (C=O) groups excluding carboxylic acids is 2. The van der Waals surface area contributed by atoms with E-state index in [4.69, 9.17) is 25.8 Å². The molecule has 0 bridgehead atoms. The van der Waals surface area contributed by atoms with Gasteiger partial charge in [0.1, 0.15) is 17.2 Å². The first kappa shape index (κ1) is 20.7. The number of benzene rings is 3. The van der Waals surface area contributed by atoms with Crippen molar-refractivity contribution in [2.45, 2.75) is 6.92 Å². The summed E-state index contributed by atoms with van der Waals surface area (Å²) < 4.78 is 16.7. The topological polar surface area (TPSA) is 61.8 Å². The van der Waals surface area contributed by atoms with Crippen LogP contribution in [0.25, 0.3) is 6.08 Å². The lowest BCUT2D eigenvalue weighted by Crippen LogP contribution is -2.12. The number of Topliss-reactive ketones (excluding diaryl/α,β-unsaturated/α-hetero) is 2. The minimum Gasteiger partial charge on any atom is -0.497 e. The summed E-state index contributed by atoms with van der Waals surface area (Å²) in [6.45, 7) is 1.66. The van der Waals surface area contributed by atoms with Gasteiger partial charge in [0.2, 0.25) is 5.78 Å². The van der Waals surface area contributed by atoms with Gasteiger partial charge in [0, 0.05) is 16.1 Å². The Labute approximate surface area is 184 Å². The third kappa shape index (κ3) is 4.32. The minimum atomic E-state index is -0.197. The number of ether oxygens (including phenoxy) is 3. The molecule has 0 atom stereocenters. The van der Waals surface area contributed by atoms with Crippen molar-refractivity contribution in [1.82, 2.24) is 0 Å². The number of methoxy groups -OCH3 is 1. The van der Waals surface area contributed by atoms with E-state index >= 15 is 0 Å². The van der Waals surface area contributed by atoms with E-state index < -0.39 is 0 Å². The molecule has 31 heavy (non-hydrogen) atoms. The zero-order valence-corrected chi connectivity index (χ0v) is 17.7. The van der Waals surface area contributed by atoms with Gasteiger partial charge in [-0.3, -0.25) is 9.59 Å². The maximum atomic E-state index is 12.7. The van der Waals surface area contributed by atoms with Crippen LogP contribution in [0.4, 0.5) is 0 Å². The predicted molar refractivity (Wildman–Crippen MR) is 118 cm³/mol. The summed E-state index contributed by atoms with van der Waals surface area (Å²) in [6, 6.07) is 17.3. The van der Waals surface area contributed by atoms with Crippen molar-refractivity contribution < 1.29 is 23.8 Å². The second kappa shape index (κ2) is 8.66. The number of carbonyl (C=O) groups is 2. The van der Waals surface area contributed by atoms with Gasteiger partial charge in [0.25, 0.3) is 0 Å². The summed E-state index contributed by atoms with van der Waals surface area (Å²) in [4.78, 5) is 25.1. The lowest BCUT2D eigenvalue weighted by Gasteiger charge is -2.11. The SMILES string of the molecule is COc1ccc(/C=C2\Oc3c(ccc(OCC(=O)c4ccc(Cl)cc4)c3C)C2=O)cc1. The Balaban J connectivity index is 1.51. The van der Waals surface area contributed by atoms with E-state index in [0.717, 1.165) is 11.3 Å². The van der Waals surface area contributed by atoms with E-state index in [1.807, 2.05) is 24.3 Å². The Bertz CT molecular complexity index is 1180. The van der Waals surface area contributed by atoms with E-state index in [1.165, 1.54) is 0 Å². The maximum absolute atomic E-state index is 12.7. The molecule has 0 aromatic heterocycles. The van der Waals surface area contributed by atoms with Crippen molar-refractivity contribution in [3.8, 4) is 17.2 Å². The van der Waals surface area contributed by atoms with Crippen LogP contribution >= 0.6 is 11.6 Å². The molecule has 3 aromatic carbocycles. The molecule has 1 heterocycles. The van der Waals surface area contributed by atoms with E-state index in [2.05, 4.69) is 0 Å². The van der Waals surface area contributed by atoms with Crippen LogP contribution in [-0.2, 0) is 0 Å². The molecule has 4 rings (SSSR count). The quantitative estimate of drug-likeness (QED) is 0.377. The molecule has 1 aliphatic rings. The van der Waals surface area contributed by atoms with Gasteiger partial charge in [0.15, 0.2) is 18.1 Å². The molecule has 1 aliphatic heterocycles. The molecule has 0 unspecified atom stereocenters. The van der Waals surface area contributed by atoms with Gasteiger partial charge in [-0.2, -0.15) is 0 Å². The summed E-state index contributed by atoms with van der Waals surface area (Å²) in [6.07, 6.45) is 1.69. The highest BCUT2D eigenvalue weighted by atomic mass is 35.5. The van der Waals surface area contributed by atoms with Crippen molar-refractivity contribution in [3.05, 3.63) is 93.7 Å². The smallest absolute Gasteiger partial charge is 0.231 e. The largest absolute Gasteiger partial charge is 0.497 e. The number of hydrogen-bond donors (Lipinski definition) is 0. The predicted octanol–water partition coefficient (Wildman–Crippen LogP) is 5.53. The number of allylic oxidation sites excluding steroid dienone is 1. The summed E-state index contributed by atoms with van der Waals surface area (Å²) >= 11 is 5.86. The second-order valence-corrected chi connectivity index (χ2v) is 7.43. The van der Waals surface area contributed by atoms with Gasteiger partial charge in [-0.1, -0.05) is 23.7 Å². The summed E-state index contributed by atoms with van der Waals surface area (Å²) in [5, 5.41) is 0.562. The number of halogens is 1. The van der Waals surface area contributed by atoms with E-state index in [9.17, 15) is 9.59 Å². The van der Waals surface area contributed by atoms with Crippen molar-refractivity contribution >= 4 is 29.2 Å². The number of hydrogen-bond acceptors (Lipinski definition) is 5. The third-order valence-electron chi connectivity index (χ3n) is 4.98. The number of fused-ring (bicyclic) bond motifs is 1. The average molecular weight is 435 g/mol. The molecule has 0 saturated carbocycles. The first-order chi connectivity index (χ1) is 15.0. The molecule has 0 amide bonds. The van der Waals surface area contributed by atoms with Crippen LogP contribution in [0.15, 0.2) is 66.4 Å². The first-order valence-electron chi connectivity index (χ1n) is 9.59. The highest BCUT2D eigenvalue weighted by Gasteiger charge is 2.30. The lowest BCUT2D eigenvalue weighted by atomic mass is 10.1. The fourth-order valence-electron chi connectivity index (χ4n) is 3.24. The number of ketones is 2. The van der Waals surface area contributed by atoms with Crippen LogP contribution in [0.2, 0.25) is 5.02 Å². The Hall–Kier alpha value is -3.57. The molecule has 5 nitrogen and oxygen atoms in total. The Morgan fingerprint density at radius 3 is 2.42 bits per heavy atom. The van der Waals surface area contributed by atoms with Gasteiger partial charge in [-0.15, -0.1) is 0 Å². The summed E-state index contributed by atoms with van der Waals surface area (Å²) in [5.74, 6) is 1.53. The molecule has 0 saturated heterocycles. The van der Waals surface area contributed by atoms with E-state index in [0.29, 0.717) is 33.2 Å².